The number of amides is 1. The largest absolute Gasteiger partial charge is 0.352 e. The van der Waals surface area contributed by atoms with Gasteiger partial charge in [0.05, 0.1) is 0 Å². The first-order valence-corrected chi connectivity index (χ1v) is 4.89. The molecule has 0 aliphatic heterocycles. The summed E-state index contributed by atoms with van der Waals surface area (Å²) >= 11 is 0. The minimum Gasteiger partial charge on any atom is -0.352 e. The van der Waals surface area contributed by atoms with Gasteiger partial charge in [0, 0.05) is 13.5 Å². The van der Waals surface area contributed by atoms with Crippen molar-refractivity contribution in [2.45, 2.75) is 27.7 Å². The lowest BCUT2D eigenvalue weighted by Crippen LogP contribution is -2.21. The molecule has 2 heteroatoms. The minimum atomic E-state index is -0.0126. The molecule has 0 radical (unpaired) electrons. The Hall–Kier alpha value is -1.31. The Morgan fingerprint density at radius 3 is 2.36 bits per heavy atom. The van der Waals surface area contributed by atoms with Crippen LogP contribution in [0.15, 0.2) is 36.5 Å². The van der Waals surface area contributed by atoms with Crippen molar-refractivity contribution in [3.05, 3.63) is 36.5 Å². The van der Waals surface area contributed by atoms with Crippen molar-refractivity contribution in [1.29, 1.82) is 0 Å². The van der Waals surface area contributed by atoms with Crippen molar-refractivity contribution < 1.29 is 4.79 Å². The molecule has 0 fully saturated rings. The minimum absolute atomic E-state index is 0.0126. The number of hydrogen-bond acceptors (Lipinski definition) is 1. The van der Waals surface area contributed by atoms with E-state index in [2.05, 4.69) is 11.9 Å². The van der Waals surface area contributed by atoms with Crippen LogP contribution in [0.3, 0.4) is 0 Å². The summed E-state index contributed by atoms with van der Waals surface area (Å²) in [6, 6.07) is 0. The fourth-order valence-corrected chi connectivity index (χ4v) is 0.675. The first kappa shape index (κ1) is 15.2. The lowest BCUT2D eigenvalue weighted by atomic mass is 10.2. The third-order valence-electron chi connectivity index (χ3n) is 1.36. The van der Waals surface area contributed by atoms with E-state index in [0.29, 0.717) is 6.54 Å². The number of allylic oxidation sites excluding steroid dienone is 3. The Balaban J connectivity index is 0. The zero-order chi connectivity index (χ0) is 11.4. The predicted octanol–water partition coefficient (Wildman–Crippen LogP) is 2.84. The third-order valence-corrected chi connectivity index (χ3v) is 1.36. The SMILES string of the molecule is C=C/C=C\C(=C/C)CNC(C)=O.CC. The summed E-state index contributed by atoms with van der Waals surface area (Å²) in [7, 11) is 0. The van der Waals surface area contributed by atoms with Gasteiger partial charge in [0.25, 0.3) is 0 Å². The quantitative estimate of drug-likeness (QED) is 0.687. The third kappa shape index (κ3) is 10.7. The van der Waals surface area contributed by atoms with Crippen molar-refractivity contribution in [3.63, 3.8) is 0 Å². The van der Waals surface area contributed by atoms with Crippen LogP contribution in [0, 0.1) is 0 Å². The molecule has 0 bridgehead atoms. The molecule has 0 spiro atoms. The molecule has 0 saturated carbocycles. The maximum atomic E-state index is 10.6. The molecule has 0 aromatic carbocycles. The molecule has 0 aliphatic carbocycles. The van der Waals surface area contributed by atoms with Gasteiger partial charge in [-0.15, -0.1) is 0 Å². The van der Waals surface area contributed by atoms with Crippen LogP contribution in [0.5, 0.6) is 0 Å². The molecule has 0 unspecified atom stereocenters. The second-order valence-corrected chi connectivity index (χ2v) is 2.37. The first-order valence-electron chi connectivity index (χ1n) is 4.89. The van der Waals surface area contributed by atoms with Gasteiger partial charge >= 0.3 is 0 Å². The average Bonchev–Trinajstić information content (AvgIpc) is 2.21. The van der Waals surface area contributed by atoms with Crippen molar-refractivity contribution in [2.75, 3.05) is 6.54 Å². The van der Waals surface area contributed by atoms with Crippen LogP contribution in [-0.4, -0.2) is 12.5 Å². The number of carbonyl (C=O) groups excluding carboxylic acids is 1. The zero-order valence-electron chi connectivity index (χ0n) is 9.63. The van der Waals surface area contributed by atoms with Gasteiger partial charge in [0.2, 0.25) is 5.91 Å². The van der Waals surface area contributed by atoms with E-state index in [1.54, 1.807) is 6.08 Å². The number of hydrogen-bond donors (Lipinski definition) is 1. The number of rotatable bonds is 4. The molecular formula is C12H21NO. The fraction of sp³-hybridized carbons (Fsp3) is 0.417. The van der Waals surface area contributed by atoms with E-state index >= 15 is 0 Å². The van der Waals surface area contributed by atoms with Crippen LogP contribution < -0.4 is 5.32 Å². The summed E-state index contributed by atoms with van der Waals surface area (Å²) in [6.45, 7) is 11.6. The summed E-state index contributed by atoms with van der Waals surface area (Å²) in [5, 5.41) is 2.71. The van der Waals surface area contributed by atoms with Crippen LogP contribution in [-0.2, 0) is 4.79 Å². The molecule has 0 aromatic rings. The van der Waals surface area contributed by atoms with E-state index in [9.17, 15) is 4.79 Å². The predicted molar refractivity (Wildman–Crippen MR) is 63.1 cm³/mol. The van der Waals surface area contributed by atoms with Gasteiger partial charge in [0.15, 0.2) is 0 Å². The van der Waals surface area contributed by atoms with Crippen LogP contribution in [0.1, 0.15) is 27.7 Å². The van der Waals surface area contributed by atoms with E-state index < -0.39 is 0 Å². The van der Waals surface area contributed by atoms with Gasteiger partial charge in [0.1, 0.15) is 0 Å². The monoisotopic (exact) mass is 195 g/mol. The highest BCUT2D eigenvalue weighted by Gasteiger charge is 1.91. The second-order valence-electron chi connectivity index (χ2n) is 2.37. The Labute approximate surface area is 87.4 Å². The van der Waals surface area contributed by atoms with Crippen LogP contribution in [0.4, 0.5) is 0 Å². The Kier molecular flexibility index (Phi) is 12.7. The first-order chi connectivity index (χ1) is 6.70. The average molecular weight is 195 g/mol. The van der Waals surface area contributed by atoms with E-state index in [1.165, 1.54) is 6.92 Å². The molecule has 14 heavy (non-hydrogen) atoms. The van der Waals surface area contributed by atoms with E-state index in [0.717, 1.165) is 5.57 Å². The Bertz CT molecular complexity index is 214. The van der Waals surface area contributed by atoms with Crippen LogP contribution in [0.25, 0.3) is 0 Å². The summed E-state index contributed by atoms with van der Waals surface area (Å²) in [5.74, 6) is -0.0126. The van der Waals surface area contributed by atoms with Crippen molar-refractivity contribution in [3.8, 4) is 0 Å². The van der Waals surface area contributed by atoms with Gasteiger partial charge in [-0.1, -0.05) is 44.7 Å². The molecule has 1 amide bonds. The molecular weight excluding hydrogens is 174 g/mol. The topological polar surface area (TPSA) is 29.1 Å². The molecule has 0 aromatic heterocycles. The lowest BCUT2D eigenvalue weighted by Gasteiger charge is -2.01. The summed E-state index contributed by atoms with van der Waals surface area (Å²) in [4.78, 5) is 10.6. The molecule has 0 aliphatic rings. The highest BCUT2D eigenvalue weighted by atomic mass is 16.1. The highest BCUT2D eigenvalue weighted by molar-refractivity contribution is 5.73. The Morgan fingerprint density at radius 1 is 1.43 bits per heavy atom. The molecule has 2 nitrogen and oxygen atoms in total. The van der Waals surface area contributed by atoms with E-state index in [4.69, 9.17) is 0 Å². The van der Waals surface area contributed by atoms with E-state index in [1.807, 2.05) is 39.0 Å². The lowest BCUT2D eigenvalue weighted by molar-refractivity contribution is -0.118. The summed E-state index contributed by atoms with van der Waals surface area (Å²) in [5.41, 5.74) is 1.07. The Morgan fingerprint density at radius 2 is 2.00 bits per heavy atom. The smallest absolute Gasteiger partial charge is 0.217 e. The molecule has 0 heterocycles. The maximum Gasteiger partial charge on any atom is 0.217 e. The van der Waals surface area contributed by atoms with Crippen molar-refractivity contribution >= 4 is 5.91 Å². The number of carbonyl (C=O) groups is 1. The highest BCUT2D eigenvalue weighted by Crippen LogP contribution is 1.94. The van der Waals surface area contributed by atoms with Crippen molar-refractivity contribution in [2.24, 2.45) is 0 Å². The van der Waals surface area contributed by atoms with E-state index in [-0.39, 0.29) is 5.91 Å². The fourth-order valence-electron chi connectivity index (χ4n) is 0.675. The van der Waals surface area contributed by atoms with Gasteiger partial charge < -0.3 is 5.32 Å². The maximum absolute atomic E-state index is 10.6. The van der Waals surface area contributed by atoms with Gasteiger partial charge in [-0.25, -0.2) is 0 Å². The standard InChI is InChI=1S/C10H15NO.C2H6/c1-4-6-7-10(5-2)8-11-9(3)12;1-2/h4-7H,1,8H2,2-3H3,(H,11,12);1-2H3/b7-6-,10-5+;. The molecule has 80 valence electrons. The van der Waals surface area contributed by atoms with Crippen LogP contribution in [0.2, 0.25) is 0 Å². The van der Waals surface area contributed by atoms with Gasteiger partial charge in [-0.2, -0.15) is 0 Å². The zero-order valence-corrected chi connectivity index (χ0v) is 9.63. The van der Waals surface area contributed by atoms with Crippen molar-refractivity contribution in [1.82, 2.24) is 5.32 Å². The second kappa shape index (κ2) is 11.7. The summed E-state index contributed by atoms with van der Waals surface area (Å²) in [6.07, 6.45) is 7.42. The van der Waals surface area contributed by atoms with Gasteiger partial charge in [-0.3, -0.25) is 4.79 Å². The summed E-state index contributed by atoms with van der Waals surface area (Å²) < 4.78 is 0. The molecule has 0 saturated heterocycles. The molecule has 1 N–H and O–H groups in total. The normalized spacial score (nSPS) is 10.4. The van der Waals surface area contributed by atoms with Crippen LogP contribution >= 0.6 is 0 Å². The number of nitrogens with one attached hydrogen (secondary N) is 1. The van der Waals surface area contributed by atoms with Gasteiger partial charge in [-0.05, 0) is 12.5 Å². The molecule has 0 rings (SSSR count). The molecule has 0 atom stereocenters.